The molecule has 3 aromatic rings. The summed E-state index contributed by atoms with van der Waals surface area (Å²) in [6.07, 6.45) is 2.64. The van der Waals surface area contributed by atoms with Gasteiger partial charge in [0, 0.05) is 16.9 Å². The van der Waals surface area contributed by atoms with Crippen LogP contribution in [0.1, 0.15) is 13.8 Å². The van der Waals surface area contributed by atoms with Gasteiger partial charge in [0.25, 0.3) is 0 Å². The summed E-state index contributed by atoms with van der Waals surface area (Å²) in [6.45, 7) is 4.00. The van der Waals surface area contributed by atoms with E-state index in [1.54, 1.807) is 12.3 Å². The summed E-state index contributed by atoms with van der Waals surface area (Å²) >= 11 is 3.27. The van der Waals surface area contributed by atoms with E-state index in [-0.39, 0.29) is 15.8 Å². The number of pyridine rings is 1. The number of fused-ring (bicyclic) bond motifs is 3. The SMILES string of the molecule is CC.CS(=O)(=O)c1ccc(F)c2c1[nH]c1cc(Br)cnc12. The number of aromatic nitrogens is 2. The predicted octanol–water partition coefficient (Wildman–Crippen LogP) is 4.05. The van der Waals surface area contributed by atoms with Gasteiger partial charge in [-0.05, 0) is 34.1 Å². The maximum Gasteiger partial charge on any atom is 0.177 e. The molecule has 0 amide bonds. The lowest BCUT2D eigenvalue weighted by Gasteiger charge is -2.00. The second-order valence-corrected chi connectivity index (χ2v) is 7.14. The lowest BCUT2D eigenvalue weighted by molar-refractivity contribution is 0.602. The van der Waals surface area contributed by atoms with Gasteiger partial charge in [0.1, 0.15) is 5.82 Å². The van der Waals surface area contributed by atoms with Crippen molar-refractivity contribution in [3.05, 3.63) is 34.7 Å². The molecule has 3 rings (SSSR count). The highest BCUT2D eigenvalue weighted by atomic mass is 79.9. The first kappa shape index (κ1) is 15.9. The number of nitrogens with zero attached hydrogens (tertiary/aromatic N) is 1. The molecule has 0 unspecified atom stereocenters. The maximum atomic E-state index is 14.0. The summed E-state index contributed by atoms with van der Waals surface area (Å²) in [5.41, 5.74) is 1.25. The Bertz CT molecular complexity index is 920. The summed E-state index contributed by atoms with van der Waals surface area (Å²) in [4.78, 5) is 7.13. The largest absolute Gasteiger partial charge is 0.352 e. The highest BCUT2D eigenvalue weighted by Crippen LogP contribution is 2.31. The van der Waals surface area contributed by atoms with Gasteiger partial charge in [-0.3, -0.25) is 4.98 Å². The molecule has 2 aromatic heterocycles. The van der Waals surface area contributed by atoms with E-state index in [1.165, 1.54) is 6.07 Å². The summed E-state index contributed by atoms with van der Waals surface area (Å²) in [5, 5.41) is 0.199. The maximum absolute atomic E-state index is 14.0. The normalized spacial score (nSPS) is 11.5. The van der Waals surface area contributed by atoms with Gasteiger partial charge >= 0.3 is 0 Å². The molecule has 1 aromatic carbocycles. The summed E-state index contributed by atoms with van der Waals surface area (Å²) in [6, 6.07) is 4.14. The van der Waals surface area contributed by atoms with Gasteiger partial charge < -0.3 is 4.98 Å². The molecule has 0 spiro atoms. The van der Waals surface area contributed by atoms with Crippen LogP contribution in [0.15, 0.2) is 33.8 Å². The van der Waals surface area contributed by atoms with Crippen LogP contribution in [0.4, 0.5) is 4.39 Å². The van der Waals surface area contributed by atoms with Crippen molar-refractivity contribution in [2.24, 2.45) is 0 Å². The summed E-state index contributed by atoms with van der Waals surface area (Å²) in [7, 11) is -3.44. The number of halogens is 2. The zero-order valence-corrected chi connectivity index (χ0v) is 14.1. The first-order valence-corrected chi connectivity index (χ1v) is 9.02. The fraction of sp³-hybridized carbons (Fsp3) is 0.214. The molecule has 112 valence electrons. The minimum absolute atomic E-state index is 0.0676. The molecule has 0 saturated heterocycles. The van der Waals surface area contributed by atoms with Crippen molar-refractivity contribution < 1.29 is 12.8 Å². The van der Waals surface area contributed by atoms with Crippen LogP contribution in [0.3, 0.4) is 0 Å². The Kier molecular flexibility index (Phi) is 4.34. The van der Waals surface area contributed by atoms with Crippen molar-refractivity contribution in [1.82, 2.24) is 9.97 Å². The van der Waals surface area contributed by atoms with Crippen LogP contribution < -0.4 is 0 Å². The first-order chi connectivity index (χ1) is 9.88. The number of rotatable bonds is 1. The number of aromatic amines is 1. The molecule has 0 fully saturated rings. The zero-order valence-electron chi connectivity index (χ0n) is 11.7. The summed E-state index contributed by atoms with van der Waals surface area (Å²) < 4.78 is 38.1. The van der Waals surface area contributed by atoms with Crippen molar-refractivity contribution in [1.29, 1.82) is 0 Å². The fourth-order valence-electron chi connectivity index (χ4n) is 2.09. The van der Waals surface area contributed by atoms with Gasteiger partial charge in [0.05, 0.1) is 26.8 Å². The molecule has 0 aliphatic rings. The molecular weight excluding hydrogens is 359 g/mol. The van der Waals surface area contributed by atoms with E-state index in [0.717, 1.165) is 16.8 Å². The highest BCUT2D eigenvalue weighted by molar-refractivity contribution is 9.10. The Morgan fingerprint density at radius 2 is 1.95 bits per heavy atom. The molecule has 0 bridgehead atoms. The van der Waals surface area contributed by atoms with E-state index in [1.807, 2.05) is 13.8 Å². The monoisotopic (exact) mass is 372 g/mol. The average Bonchev–Trinajstić information content (AvgIpc) is 2.78. The van der Waals surface area contributed by atoms with Crippen LogP contribution >= 0.6 is 15.9 Å². The minimum Gasteiger partial charge on any atom is -0.352 e. The van der Waals surface area contributed by atoms with Crippen molar-refractivity contribution in [2.45, 2.75) is 18.7 Å². The van der Waals surface area contributed by atoms with Crippen molar-refractivity contribution >= 4 is 47.7 Å². The smallest absolute Gasteiger partial charge is 0.177 e. The van der Waals surface area contributed by atoms with Crippen molar-refractivity contribution in [3.8, 4) is 0 Å². The standard InChI is InChI=1S/C12H8BrFN2O2S.C2H6/c1-19(17,18)9-3-2-7(14)10-11-8(16-12(9)10)4-6(13)5-15-11;1-2/h2-5,16H,1H3;1-2H3. The molecule has 4 nitrogen and oxygen atoms in total. The number of benzene rings is 1. The van der Waals surface area contributed by atoms with Gasteiger partial charge in [0.2, 0.25) is 0 Å². The third-order valence-electron chi connectivity index (χ3n) is 2.87. The Morgan fingerprint density at radius 1 is 1.29 bits per heavy atom. The van der Waals surface area contributed by atoms with Crippen LogP contribution in [-0.2, 0) is 9.84 Å². The van der Waals surface area contributed by atoms with Gasteiger partial charge in [-0.2, -0.15) is 0 Å². The van der Waals surface area contributed by atoms with Gasteiger partial charge in [-0.1, -0.05) is 13.8 Å². The predicted molar refractivity (Wildman–Crippen MR) is 85.7 cm³/mol. The van der Waals surface area contributed by atoms with Gasteiger partial charge in [-0.25, -0.2) is 12.8 Å². The topological polar surface area (TPSA) is 62.8 Å². The van der Waals surface area contributed by atoms with E-state index in [4.69, 9.17) is 0 Å². The third-order valence-corrected chi connectivity index (χ3v) is 4.44. The molecular formula is C14H14BrFN2O2S. The number of H-pyrrole nitrogens is 1. The quantitative estimate of drug-likeness (QED) is 0.655. The molecule has 0 saturated carbocycles. The fourth-order valence-corrected chi connectivity index (χ4v) is 3.26. The van der Waals surface area contributed by atoms with Gasteiger partial charge in [0.15, 0.2) is 9.84 Å². The first-order valence-electron chi connectivity index (χ1n) is 6.33. The number of nitrogens with one attached hydrogen (secondary N) is 1. The van der Waals surface area contributed by atoms with Crippen LogP contribution in [0.25, 0.3) is 21.9 Å². The Labute approximate surface area is 130 Å². The third kappa shape index (κ3) is 2.80. The van der Waals surface area contributed by atoms with Crippen molar-refractivity contribution in [3.63, 3.8) is 0 Å². The van der Waals surface area contributed by atoms with Crippen LogP contribution in [0, 0.1) is 5.82 Å². The van der Waals surface area contributed by atoms with Crippen LogP contribution in [0.2, 0.25) is 0 Å². The number of sulfone groups is 1. The Balaban J connectivity index is 0.000000774. The number of hydrogen-bond donors (Lipinski definition) is 1. The second kappa shape index (κ2) is 5.73. The summed E-state index contributed by atoms with van der Waals surface area (Å²) in [5.74, 6) is -0.497. The van der Waals surface area contributed by atoms with Gasteiger partial charge in [-0.15, -0.1) is 0 Å². The molecule has 21 heavy (non-hydrogen) atoms. The van der Waals surface area contributed by atoms with E-state index in [9.17, 15) is 12.8 Å². The lowest BCUT2D eigenvalue weighted by Crippen LogP contribution is -1.98. The van der Waals surface area contributed by atoms with Crippen molar-refractivity contribution in [2.75, 3.05) is 6.26 Å². The van der Waals surface area contributed by atoms with E-state index < -0.39 is 15.7 Å². The van der Waals surface area contributed by atoms with Crippen LogP contribution in [-0.4, -0.2) is 24.6 Å². The highest BCUT2D eigenvalue weighted by Gasteiger charge is 2.19. The number of hydrogen-bond acceptors (Lipinski definition) is 3. The molecule has 7 heteroatoms. The molecule has 0 atom stereocenters. The molecule has 0 radical (unpaired) electrons. The van der Waals surface area contributed by atoms with E-state index in [2.05, 4.69) is 25.9 Å². The Morgan fingerprint density at radius 3 is 2.57 bits per heavy atom. The van der Waals surface area contributed by atoms with E-state index in [0.29, 0.717) is 11.0 Å². The zero-order chi connectivity index (χ0) is 15.8. The molecule has 0 aliphatic carbocycles. The minimum atomic E-state index is -3.44. The molecule has 2 heterocycles. The average molecular weight is 373 g/mol. The van der Waals surface area contributed by atoms with Crippen LogP contribution in [0.5, 0.6) is 0 Å². The molecule has 1 N–H and O–H groups in total. The Hall–Kier alpha value is -1.47. The molecule has 0 aliphatic heterocycles. The van der Waals surface area contributed by atoms with E-state index >= 15 is 0 Å². The lowest BCUT2D eigenvalue weighted by atomic mass is 10.2. The second-order valence-electron chi connectivity index (χ2n) is 4.24.